The van der Waals surface area contributed by atoms with Crippen LogP contribution in [0.4, 0.5) is 13.2 Å². The number of aliphatic hydroxyl groups excluding tert-OH is 1. The Morgan fingerprint density at radius 1 is 1.02 bits per heavy atom. The number of benzene rings is 3. The third-order valence-electron chi connectivity index (χ3n) is 6.47. The lowest BCUT2D eigenvalue weighted by Gasteiger charge is -2.16. The van der Waals surface area contributed by atoms with Gasteiger partial charge in [0.05, 0.1) is 19.8 Å². The van der Waals surface area contributed by atoms with Crippen molar-refractivity contribution >= 4 is 22.8 Å². The number of carbonyl (C=O) groups excluding carboxylic acids is 2. The molecule has 4 rings (SSSR count). The summed E-state index contributed by atoms with van der Waals surface area (Å²) in [6, 6.07) is 19.2. The molecule has 41 heavy (non-hydrogen) atoms. The lowest BCUT2D eigenvalue weighted by Crippen LogP contribution is -2.39. The van der Waals surface area contributed by atoms with Crippen LogP contribution in [0.5, 0.6) is 5.75 Å². The Labute approximate surface area is 234 Å². The minimum Gasteiger partial charge on any atom is -0.493 e. The van der Waals surface area contributed by atoms with Crippen LogP contribution in [0.3, 0.4) is 0 Å². The highest BCUT2D eigenvalue weighted by atomic mass is 19.4. The van der Waals surface area contributed by atoms with Crippen molar-refractivity contribution < 1.29 is 41.8 Å². The first-order valence-electron chi connectivity index (χ1n) is 13.0. The summed E-state index contributed by atoms with van der Waals surface area (Å²) in [4.78, 5) is 25.7. The third kappa shape index (κ3) is 7.67. The predicted molar refractivity (Wildman–Crippen MR) is 147 cm³/mol. The van der Waals surface area contributed by atoms with Crippen molar-refractivity contribution in [1.82, 2.24) is 5.32 Å². The number of rotatable bonds is 11. The molecule has 3 aromatic carbocycles. The van der Waals surface area contributed by atoms with Crippen molar-refractivity contribution in [2.24, 2.45) is 0 Å². The van der Waals surface area contributed by atoms with E-state index in [1.54, 1.807) is 36.4 Å². The van der Waals surface area contributed by atoms with E-state index in [1.807, 2.05) is 37.3 Å². The van der Waals surface area contributed by atoms with Crippen molar-refractivity contribution in [2.45, 2.75) is 38.4 Å². The first kappa shape index (κ1) is 29.7. The number of carbonyl (C=O) groups is 2. The minimum absolute atomic E-state index is 0.0482. The topological polar surface area (TPSA) is 98.0 Å². The third-order valence-corrected chi connectivity index (χ3v) is 6.47. The molecule has 0 saturated carbocycles. The van der Waals surface area contributed by atoms with Crippen LogP contribution in [0.1, 0.15) is 33.5 Å². The van der Waals surface area contributed by atoms with E-state index in [2.05, 4.69) is 10.1 Å². The molecule has 0 fully saturated rings. The van der Waals surface area contributed by atoms with E-state index in [4.69, 9.17) is 9.15 Å². The Bertz CT molecular complexity index is 1500. The maximum absolute atomic E-state index is 13.0. The van der Waals surface area contributed by atoms with Crippen molar-refractivity contribution in [3.8, 4) is 17.1 Å². The van der Waals surface area contributed by atoms with Crippen LogP contribution >= 0.6 is 0 Å². The SMILES string of the molecule is COc1cc(CCC(=O)N[C@H](CO)Cc2ccccc2)cc2c(C(=O)OCC(F)(F)F)c(-c3ccc(C)cc3)oc12. The van der Waals surface area contributed by atoms with Crippen LogP contribution in [0.15, 0.2) is 71.1 Å². The molecule has 7 nitrogen and oxygen atoms in total. The van der Waals surface area contributed by atoms with Gasteiger partial charge in [-0.2, -0.15) is 13.2 Å². The number of amides is 1. The molecule has 216 valence electrons. The smallest absolute Gasteiger partial charge is 0.422 e. The average Bonchev–Trinajstić information content (AvgIpc) is 3.34. The van der Waals surface area contributed by atoms with Gasteiger partial charge in [0.25, 0.3) is 0 Å². The summed E-state index contributed by atoms with van der Waals surface area (Å²) >= 11 is 0. The summed E-state index contributed by atoms with van der Waals surface area (Å²) in [5, 5.41) is 12.8. The number of aryl methyl sites for hydroxylation is 2. The maximum atomic E-state index is 13.0. The Morgan fingerprint density at radius 3 is 2.37 bits per heavy atom. The zero-order valence-corrected chi connectivity index (χ0v) is 22.6. The number of halogens is 3. The second kappa shape index (κ2) is 12.9. The minimum atomic E-state index is -4.71. The van der Waals surface area contributed by atoms with Gasteiger partial charge in [-0.25, -0.2) is 4.79 Å². The normalized spacial score (nSPS) is 12.2. The second-order valence-electron chi connectivity index (χ2n) is 9.68. The molecule has 10 heteroatoms. The molecular formula is C31H30F3NO6. The number of nitrogens with one attached hydrogen (secondary N) is 1. The molecule has 1 atom stereocenters. The molecule has 0 saturated heterocycles. The van der Waals surface area contributed by atoms with E-state index >= 15 is 0 Å². The molecule has 0 bridgehead atoms. The Hall–Kier alpha value is -4.31. The van der Waals surface area contributed by atoms with Crippen LogP contribution in [0.2, 0.25) is 0 Å². The van der Waals surface area contributed by atoms with Crippen molar-refractivity contribution in [3.05, 3.63) is 89.0 Å². The predicted octanol–water partition coefficient (Wildman–Crippen LogP) is 5.79. The molecule has 1 aromatic heterocycles. The molecular weight excluding hydrogens is 539 g/mol. The van der Waals surface area contributed by atoms with Crippen LogP contribution < -0.4 is 10.1 Å². The van der Waals surface area contributed by atoms with Gasteiger partial charge in [-0.1, -0.05) is 60.2 Å². The molecule has 0 aliphatic heterocycles. The highest BCUT2D eigenvalue weighted by Crippen LogP contribution is 2.40. The molecule has 0 unspecified atom stereocenters. The molecule has 1 heterocycles. The fourth-order valence-corrected chi connectivity index (χ4v) is 4.47. The van der Waals surface area contributed by atoms with E-state index in [0.717, 1.165) is 11.1 Å². The fraction of sp³-hybridized carbons (Fsp3) is 0.290. The number of esters is 1. The lowest BCUT2D eigenvalue weighted by atomic mass is 10.0. The average molecular weight is 570 g/mol. The fourth-order valence-electron chi connectivity index (χ4n) is 4.47. The highest BCUT2D eigenvalue weighted by Gasteiger charge is 2.32. The van der Waals surface area contributed by atoms with E-state index < -0.39 is 24.8 Å². The molecule has 1 amide bonds. The lowest BCUT2D eigenvalue weighted by molar-refractivity contribution is -0.161. The number of ether oxygens (including phenoxy) is 2. The van der Waals surface area contributed by atoms with Gasteiger partial charge >= 0.3 is 12.1 Å². The van der Waals surface area contributed by atoms with E-state index in [0.29, 0.717) is 17.5 Å². The summed E-state index contributed by atoms with van der Waals surface area (Å²) in [7, 11) is 1.40. The second-order valence-corrected chi connectivity index (χ2v) is 9.68. The van der Waals surface area contributed by atoms with E-state index in [-0.39, 0.29) is 53.4 Å². The molecule has 4 aromatic rings. The zero-order chi connectivity index (χ0) is 29.6. The highest BCUT2D eigenvalue weighted by molar-refractivity contribution is 6.10. The van der Waals surface area contributed by atoms with Crippen molar-refractivity contribution in [3.63, 3.8) is 0 Å². The number of hydrogen-bond acceptors (Lipinski definition) is 6. The van der Waals surface area contributed by atoms with Crippen LogP contribution in [-0.4, -0.2) is 49.5 Å². The van der Waals surface area contributed by atoms with Gasteiger partial charge in [-0.15, -0.1) is 0 Å². The first-order valence-corrected chi connectivity index (χ1v) is 13.0. The van der Waals surface area contributed by atoms with E-state index in [1.165, 1.54) is 7.11 Å². The number of hydrogen-bond donors (Lipinski definition) is 2. The standard InChI is InChI=1S/C31H30F3NO6/c1-19-8-11-22(12-9-19)28-27(30(38)40-18-31(32,33)34)24-15-21(16-25(39-2)29(24)41-28)10-13-26(37)35-23(17-36)14-20-6-4-3-5-7-20/h3-9,11-12,15-16,23,36H,10,13-14,17-18H2,1-2H3,(H,35,37)/t23-/m0/s1. The zero-order valence-electron chi connectivity index (χ0n) is 22.6. The van der Waals surface area contributed by atoms with E-state index in [9.17, 15) is 27.9 Å². The van der Waals surface area contributed by atoms with Gasteiger partial charge < -0.3 is 24.3 Å². The molecule has 0 spiro atoms. The molecule has 2 N–H and O–H groups in total. The Balaban J connectivity index is 1.62. The quantitative estimate of drug-likeness (QED) is 0.222. The summed E-state index contributed by atoms with van der Waals surface area (Å²) in [6.07, 6.45) is -3.97. The Kier molecular flexibility index (Phi) is 9.34. The first-order chi connectivity index (χ1) is 19.6. The van der Waals surface area contributed by atoms with Crippen LogP contribution in [0, 0.1) is 6.92 Å². The van der Waals surface area contributed by atoms with Gasteiger partial charge in [-0.05, 0) is 43.0 Å². The van der Waals surface area contributed by atoms with Gasteiger partial charge in [0, 0.05) is 17.4 Å². The monoisotopic (exact) mass is 569 g/mol. The number of fused-ring (bicyclic) bond motifs is 1. The van der Waals surface area contributed by atoms with Gasteiger partial charge in [0.15, 0.2) is 17.9 Å². The largest absolute Gasteiger partial charge is 0.493 e. The Morgan fingerprint density at radius 2 is 1.73 bits per heavy atom. The van der Waals surface area contributed by atoms with Gasteiger partial charge in [0.2, 0.25) is 5.91 Å². The van der Waals surface area contributed by atoms with Gasteiger partial charge in [-0.3, -0.25) is 4.79 Å². The number of methoxy groups -OCH3 is 1. The summed E-state index contributed by atoms with van der Waals surface area (Å²) in [6.45, 7) is -0.116. The number of aliphatic hydroxyl groups is 1. The summed E-state index contributed by atoms with van der Waals surface area (Å²) < 4.78 is 54.7. The van der Waals surface area contributed by atoms with Crippen LogP contribution in [-0.2, 0) is 22.4 Å². The maximum Gasteiger partial charge on any atom is 0.422 e. The number of furan rings is 1. The molecule has 0 aliphatic carbocycles. The van der Waals surface area contributed by atoms with Crippen LogP contribution in [0.25, 0.3) is 22.3 Å². The molecule has 0 radical (unpaired) electrons. The summed E-state index contributed by atoms with van der Waals surface area (Å²) in [5.41, 5.74) is 2.98. The van der Waals surface area contributed by atoms with Crippen molar-refractivity contribution in [1.29, 1.82) is 0 Å². The van der Waals surface area contributed by atoms with Gasteiger partial charge in [0.1, 0.15) is 11.3 Å². The number of alkyl halides is 3. The molecule has 0 aliphatic rings. The summed E-state index contributed by atoms with van der Waals surface area (Å²) in [5.74, 6) is -1.19. The van der Waals surface area contributed by atoms with Crippen molar-refractivity contribution in [2.75, 3.05) is 20.3 Å².